The van der Waals surface area contributed by atoms with Crippen LogP contribution >= 0.6 is 0 Å². The first-order chi connectivity index (χ1) is 24.2. The van der Waals surface area contributed by atoms with E-state index in [-0.39, 0.29) is 49.2 Å². The maximum Gasteiger partial charge on any atom is 0.255 e. The number of carbonyl (C=O) groups excluding carboxylic acids is 5. The minimum absolute atomic E-state index is 0.0883. The Hall–Kier alpha value is -5.46. The van der Waals surface area contributed by atoms with Crippen molar-refractivity contribution in [3.05, 3.63) is 77.7 Å². The summed E-state index contributed by atoms with van der Waals surface area (Å²) in [5, 5.41) is 10.0. The molecule has 0 radical (unpaired) electrons. The Labute approximate surface area is 287 Å². The predicted molar refractivity (Wildman–Crippen MR) is 179 cm³/mol. The van der Waals surface area contributed by atoms with Crippen LogP contribution in [0.4, 0.5) is 0 Å². The van der Waals surface area contributed by atoms with E-state index in [0.717, 1.165) is 52.7 Å². The minimum atomic E-state index is -0.672. The number of carbonyl (C=O) groups is 5. The Morgan fingerprint density at radius 1 is 0.960 bits per heavy atom. The second kappa shape index (κ2) is 11.3. The Morgan fingerprint density at radius 2 is 1.76 bits per heavy atom. The summed E-state index contributed by atoms with van der Waals surface area (Å²) in [4.78, 5) is 77.1. The highest BCUT2D eigenvalue weighted by Crippen LogP contribution is 2.78. The van der Waals surface area contributed by atoms with Crippen molar-refractivity contribution >= 4 is 40.6 Å². The van der Waals surface area contributed by atoms with E-state index in [2.05, 4.69) is 20.7 Å². The number of nitrogens with one attached hydrogen (secondary N) is 2. The molecule has 13 nitrogen and oxygen atoms in total. The highest BCUT2D eigenvalue weighted by atomic mass is 16.2. The number of likely N-dealkylation sites (tertiary alicyclic amines) is 1. The third kappa shape index (κ3) is 4.73. The van der Waals surface area contributed by atoms with Gasteiger partial charge in [0.1, 0.15) is 6.04 Å². The quantitative estimate of drug-likeness (QED) is 0.284. The Kier molecular flexibility index (Phi) is 6.91. The first kappa shape index (κ1) is 30.6. The Balaban J connectivity index is 0.795. The van der Waals surface area contributed by atoms with Crippen molar-refractivity contribution in [3.63, 3.8) is 0 Å². The number of hydrogen-bond acceptors (Lipinski definition) is 8. The molecule has 50 heavy (non-hydrogen) atoms. The second-order valence-electron chi connectivity index (χ2n) is 14.4. The van der Waals surface area contributed by atoms with Crippen molar-refractivity contribution in [1.29, 1.82) is 0 Å². The lowest BCUT2D eigenvalue weighted by Gasteiger charge is -2.40. The molecule has 2 aromatic carbocycles. The zero-order chi connectivity index (χ0) is 34.2. The SMILES string of the molecule is O=C1CCC(N2Cc3cc(CNC(=O)C45CCC4(C(=O)N4CCC(n6cc(-c7cnc8ccccc8n7)cn6)CC4)C5)ccc3C2=O)C(=O)N1. The van der Waals surface area contributed by atoms with Crippen LogP contribution in [0, 0.1) is 10.8 Å². The molecule has 5 amide bonds. The van der Waals surface area contributed by atoms with E-state index in [1.807, 2.05) is 58.4 Å². The van der Waals surface area contributed by atoms with Crippen molar-refractivity contribution < 1.29 is 24.0 Å². The van der Waals surface area contributed by atoms with Crippen molar-refractivity contribution in [2.75, 3.05) is 13.1 Å². The van der Waals surface area contributed by atoms with E-state index >= 15 is 0 Å². The summed E-state index contributed by atoms with van der Waals surface area (Å²) in [5.41, 5.74) is 4.29. The Morgan fingerprint density at radius 3 is 2.54 bits per heavy atom. The van der Waals surface area contributed by atoms with Gasteiger partial charge in [0.15, 0.2) is 0 Å². The number of amides is 5. The number of fused-ring (bicyclic) bond motifs is 3. The fourth-order valence-electron chi connectivity index (χ4n) is 8.67. The lowest BCUT2D eigenvalue weighted by atomic mass is 9.72. The van der Waals surface area contributed by atoms with Gasteiger partial charge in [-0.2, -0.15) is 5.10 Å². The molecule has 2 N–H and O–H groups in total. The molecule has 2 aliphatic carbocycles. The summed E-state index contributed by atoms with van der Waals surface area (Å²) in [5.74, 6) is -0.987. The van der Waals surface area contributed by atoms with Gasteiger partial charge in [-0.3, -0.25) is 39.0 Å². The van der Waals surface area contributed by atoms with E-state index in [1.165, 1.54) is 4.90 Å². The normalized spacial score (nSPS) is 25.9. The number of hydrogen-bond donors (Lipinski definition) is 2. The largest absolute Gasteiger partial charge is 0.352 e. The first-order valence-corrected chi connectivity index (χ1v) is 17.4. The third-order valence-corrected chi connectivity index (χ3v) is 11.7. The monoisotopic (exact) mass is 672 g/mol. The average Bonchev–Trinajstić information content (AvgIpc) is 3.47. The molecule has 2 saturated heterocycles. The lowest BCUT2D eigenvalue weighted by Crippen LogP contribution is -2.52. The number of piperidine rings is 2. The molecule has 0 spiro atoms. The summed E-state index contributed by atoms with van der Waals surface area (Å²) in [6.07, 6.45) is 9.69. The molecule has 2 aromatic heterocycles. The summed E-state index contributed by atoms with van der Waals surface area (Å²) in [7, 11) is 0. The molecule has 3 unspecified atom stereocenters. The summed E-state index contributed by atoms with van der Waals surface area (Å²) >= 11 is 0. The van der Waals surface area contributed by atoms with Gasteiger partial charge in [-0.15, -0.1) is 0 Å². The topological polar surface area (TPSA) is 159 Å². The molecule has 3 atom stereocenters. The van der Waals surface area contributed by atoms with Crippen LogP contribution in [-0.4, -0.2) is 78.2 Å². The molecule has 2 saturated carbocycles. The van der Waals surface area contributed by atoms with E-state index < -0.39 is 22.8 Å². The third-order valence-electron chi connectivity index (χ3n) is 11.7. The second-order valence-corrected chi connectivity index (χ2v) is 14.4. The molecule has 3 aliphatic heterocycles. The predicted octanol–water partition coefficient (Wildman–Crippen LogP) is 2.90. The van der Waals surface area contributed by atoms with Gasteiger partial charge in [0, 0.05) is 49.9 Å². The van der Waals surface area contributed by atoms with Gasteiger partial charge in [-0.25, -0.2) is 4.98 Å². The lowest BCUT2D eigenvalue weighted by molar-refractivity contribution is -0.148. The summed E-state index contributed by atoms with van der Waals surface area (Å²) < 4.78 is 1.98. The van der Waals surface area contributed by atoms with E-state index in [9.17, 15) is 24.0 Å². The number of rotatable bonds is 7. The first-order valence-electron chi connectivity index (χ1n) is 17.4. The van der Waals surface area contributed by atoms with Crippen LogP contribution < -0.4 is 10.6 Å². The van der Waals surface area contributed by atoms with Crippen molar-refractivity contribution in [3.8, 4) is 11.3 Å². The maximum absolute atomic E-state index is 13.9. The van der Waals surface area contributed by atoms with Gasteiger partial charge in [-0.05, 0) is 67.9 Å². The summed E-state index contributed by atoms with van der Waals surface area (Å²) in [6.45, 7) is 1.81. The molecule has 5 aliphatic rings. The van der Waals surface area contributed by atoms with Crippen molar-refractivity contribution in [2.45, 2.75) is 70.1 Å². The average molecular weight is 673 g/mol. The summed E-state index contributed by atoms with van der Waals surface area (Å²) in [6, 6.07) is 12.7. The van der Waals surface area contributed by atoms with Gasteiger partial charge >= 0.3 is 0 Å². The van der Waals surface area contributed by atoms with E-state index in [0.29, 0.717) is 37.9 Å². The fourth-order valence-corrected chi connectivity index (χ4v) is 8.67. The van der Waals surface area contributed by atoms with Gasteiger partial charge in [0.25, 0.3) is 5.91 Å². The zero-order valence-corrected chi connectivity index (χ0v) is 27.4. The minimum Gasteiger partial charge on any atom is -0.352 e. The highest BCUT2D eigenvalue weighted by molar-refractivity contribution is 6.05. The van der Waals surface area contributed by atoms with Crippen molar-refractivity contribution in [2.24, 2.45) is 10.8 Å². The molecule has 5 heterocycles. The van der Waals surface area contributed by atoms with Crippen LogP contribution in [0.15, 0.2) is 61.1 Å². The fraction of sp³-hybridized carbons (Fsp3) is 0.405. The molecule has 13 heteroatoms. The highest BCUT2D eigenvalue weighted by Gasteiger charge is 2.82. The molecule has 4 fully saturated rings. The number of nitrogens with zero attached hydrogens (tertiary/aromatic N) is 6. The van der Waals surface area contributed by atoms with Crippen LogP contribution in [-0.2, 0) is 32.3 Å². The van der Waals surface area contributed by atoms with E-state index in [4.69, 9.17) is 4.98 Å². The van der Waals surface area contributed by atoms with Crippen LogP contribution in [0.3, 0.4) is 0 Å². The molecule has 9 rings (SSSR count). The number of aromatic nitrogens is 4. The van der Waals surface area contributed by atoms with Gasteiger partial charge in [0.2, 0.25) is 23.6 Å². The van der Waals surface area contributed by atoms with Gasteiger partial charge in [0.05, 0.1) is 46.0 Å². The van der Waals surface area contributed by atoms with Crippen molar-refractivity contribution in [1.82, 2.24) is 40.2 Å². The Bertz CT molecular complexity index is 2120. The van der Waals surface area contributed by atoms with Crippen LogP contribution in [0.2, 0.25) is 0 Å². The zero-order valence-electron chi connectivity index (χ0n) is 27.4. The maximum atomic E-state index is 13.9. The van der Waals surface area contributed by atoms with E-state index in [1.54, 1.807) is 12.3 Å². The molecule has 4 aromatic rings. The molecular weight excluding hydrogens is 636 g/mol. The molecule has 254 valence electrons. The number of para-hydroxylation sites is 2. The standard InChI is InChI=1S/C37H36N8O5/c46-31-8-7-30(32(47)42-31)44-19-23-15-22(5-6-26(23)33(44)48)16-39-34(49)36-11-12-37(36,21-36)35(50)43-13-9-25(10-14-43)45-20-24(17-40-45)29-18-38-27-3-1-2-4-28(27)41-29/h1-6,15,17-18,20,25,30H,7-14,16,19,21H2,(H,39,49)(H,42,46,47). The van der Waals surface area contributed by atoms with Crippen LogP contribution in [0.25, 0.3) is 22.3 Å². The smallest absolute Gasteiger partial charge is 0.255 e. The van der Waals surface area contributed by atoms with Gasteiger partial charge in [-0.1, -0.05) is 24.3 Å². The molecule has 0 bridgehead atoms. The van der Waals surface area contributed by atoms with Crippen LogP contribution in [0.5, 0.6) is 0 Å². The van der Waals surface area contributed by atoms with Gasteiger partial charge < -0.3 is 15.1 Å². The number of imide groups is 1. The number of benzene rings is 2. The van der Waals surface area contributed by atoms with Crippen LogP contribution in [0.1, 0.15) is 72.5 Å². The molecular formula is C37H36N8O5.